The number of amides is 3. The highest BCUT2D eigenvalue weighted by molar-refractivity contribution is 5.99. The van der Waals surface area contributed by atoms with E-state index in [1.807, 2.05) is 55.5 Å². The largest absolute Gasteiger partial charge is 0.494 e. The molecule has 8 nitrogen and oxygen atoms in total. The third-order valence-corrected chi connectivity index (χ3v) is 4.54. The summed E-state index contributed by atoms with van der Waals surface area (Å²) in [7, 11) is 0. The summed E-state index contributed by atoms with van der Waals surface area (Å²) in [5.41, 5.74) is 6.77. The van der Waals surface area contributed by atoms with Gasteiger partial charge in [0.05, 0.1) is 6.61 Å². The Labute approximate surface area is 180 Å². The molecular formula is C23H26N4O4. The zero-order chi connectivity index (χ0) is 22.1. The minimum Gasteiger partial charge on any atom is -0.494 e. The first-order valence-electron chi connectivity index (χ1n) is 10.2. The van der Waals surface area contributed by atoms with Crippen LogP contribution >= 0.6 is 0 Å². The lowest BCUT2D eigenvalue weighted by Crippen LogP contribution is -2.42. The smallest absolute Gasteiger partial charge is 0.286 e. The number of nitrogens with one attached hydrogen (secondary N) is 4. The summed E-state index contributed by atoms with van der Waals surface area (Å²) in [6.07, 6.45) is 0.903. The third kappa shape index (κ3) is 6.60. The van der Waals surface area contributed by atoms with Crippen LogP contribution in [0.1, 0.15) is 42.2 Å². The van der Waals surface area contributed by atoms with Crippen LogP contribution in [0.2, 0.25) is 0 Å². The molecule has 3 rings (SSSR count). The molecule has 0 bridgehead atoms. The van der Waals surface area contributed by atoms with Gasteiger partial charge in [0.15, 0.2) is 0 Å². The van der Waals surface area contributed by atoms with Crippen LogP contribution in [0.4, 0.5) is 0 Å². The van der Waals surface area contributed by atoms with Crippen LogP contribution < -0.4 is 20.9 Å². The second kappa shape index (κ2) is 10.8. The number of H-pyrrole nitrogens is 1. The van der Waals surface area contributed by atoms with E-state index in [2.05, 4.69) is 21.2 Å². The molecule has 0 fully saturated rings. The maximum Gasteiger partial charge on any atom is 0.286 e. The Balaban J connectivity index is 1.42. The van der Waals surface area contributed by atoms with Crippen LogP contribution in [0.3, 0.4) is 0 Å². The third-order valence-electron chi connectivity index (χ3n) is 4.54. The summed E-state index contributed by atoms with van der Waals surface area (Å²) in [6, 6.07) is 16.7. The summed E-state index contributed by atoms with van der Waals surface area (Å²) < 4.78 is 5.60. The SMILES string of the molecule is CCCOc1ccc2[nH]c(C(=O)NNC(=O)CCC(=O)NCc3ccccc3)cc2c1. The number of benzene rings is 2. The number of aromatic nitrogens is 1. The van der Waals surface area contributed by atoms with Crippen LogP contribution in [0.15, 0.2) is 54.6 Å². The van der Waals surface area contributed by atoms with Gasteiger partial charge in [-0.1, -0.05) is 37.3 Å². The highest BCUT2D eigenvalue weighted by Gasteiger charge is 2.12. The molecule has 1 heterocycles. The van der Waals surface area contributed by atoms with Gasteiger partial charge in [-0.05, 0) is 36.2 Å². The predicted octanol–water partition coefficient (Wildman–Crippen LogP) is 2.81. The lowest BCUT2D eigenvalue weighted by Gasteiger charge is -2.07. The summed E-state index contributed by atoms with van der Waals surface area (Å²) in [4.78, 5) is 39.1. The molecule has 3 aromatic rings. The summed E-state index contributed by atoms with van der Waals surface area (Å²) in [6.45, 7) is 3.06. The van der Waals surface area contributed by atoms with Gasteiger partial charge in [0.1, 0.15) is 11.4 Å². The van der Waals surface area contributed by atoms with E-state index in [0.717, 1.165) is 28.6 Å². The van der Waals surface area contributed by atoms with Gasteiger partial charge in [0, 0.05) is 30.3 Å². The average molecular weight is 422 g/mol. The van der Waals surface area contributed by atoms with Gasteiger partial charge in [0.25, 0.3) is 5.91 Å². The molecule has 8 heteroatoms. The van der Waals surface area contributed by atoms with E-state index < -0.39 is 11.8 Å². The van der Waals surface area contributed by atoms with Crippen molar-refractivity contribution in [3.8, 4) is 5.75 Å². The number of carbonyl (C=O) groups is 3. The highest BCUT2D eigenvalue weighted by atomic mass is 16.5. The second-order valence-corrected chi connectivity index (χ2v) is 7.05. The quantitative estimate of drug-likeness (QED) is 0.397. The molecule has 0 aliphatic carbocycles. The minimum absolute atomic E-state index is 0.0292. The fourth-order valence-corrected chi connectivity index (χ4v) is 2.91. The van der Waals surface area contributed by atoms with Crippen LogP contribution in [0, 0.1) is 0 Å². The van der Waals surface area contributed by atoms with Crippen molar-refractivity contribution >= 4 is 28.6 Å². The standard InChI is InChI=1S/C23H26N4O4/c1-2-12-31-18-8-9-19-17(13-18)14-20(25-19)23(30)27-26-22(29)11-10-21(28)24-15-16-6-4-3-5-7-16/h3-9,13-14,25H,2,10-12,15H2,1H3,(H,24,28)(H,26,29)(H,27,30). The van der Waals surface area contributed by atoms with E-state index in [0.29, 0.717) is 18.8 Å². The van der Waals surface area contributed by atoms with Crippen molar-refractivity contribution in [1.82, 2.24) is 21.2 Å². The van der Waals surface area contributed by atoms with E-state index in [1.165, 1.54) is 0 Å². The zero-order valence-electron chi connectivity index (χ0n) is 17.4. The summed E-state index contributed by atoms with van der Waals surface area (Å²) >= 11 is 0. The van der Waals surface area contributed by atoms with E-state index in [-0.39, 0.29) is 18.7 Å². The molecule has 0 unspecified atom stereocenters. The lowest BCUT2D eigenvalue weighted by atomic mass is 10.2. The van der Waals surface area contributed by atoms with Gasteiger partial charge in [-0.15, -0.1) is 0 Å². The normalized spacial score (nSPS) is 10.5. The molecule has 2 aromatic carbocycles. The van der Waals surface area contributed by atoms with Gasteiger partial charge in [-0.3, -0.25) is 25.2 Å². The summed E-state index contributed by atoms with van der Waals surface area (Å²) in [5.74, 6) is -0.426. The predicted molar refractivity (Wildman–Crippen MR) is 117 cm³/mol. The van der Waals surface area contributed by atoms with Crippen LogP contribution in [-0.4, -0.2) is 29.3 Å². The molecule has 4 N–H and O–H groups in total. The van der Waals surface area contributed by atoms with Gasteiger partial charge in [-0.25, -0.2) is 0 Å². The molecule has 0 radical (unpaired) electrons. The molecule has 0 saturated carbocycles. The van der Waals surface area contributed by atoms with E-state index in [4.69, 9.17) is 4.74 Å². The molecule has 0 aliphatic heterocycles. The monoisotopic (exact) mass is 422 g/mol. The number of hydrogen-bond donors (Lipinski definition) is 4. The molecule has 0 spiro atoms. The van der Waals surface area contributed by atoms with Crippen molar-refractivity contribution in [2.75, 3.05) is 6.61 Å². The van der Waals surface area contributed by atoms with E-state index >= 15 is 0 Å². The topological polar surface area (TPSA) is 112 Å². The first kappa shape index (κ1) is 21.9. The Bertz CT molecular complexity index is 1050. The Morgan fingerprint density at radius 2 is 1.71 bits per heavy atom. The van der Waals surface area contributed by atoms with Gasteiger partial charge < -0.3 is 15.0 Å². The Kier molecular flexibility index (Phi) is 7.64. The first-order valence-corrected chi connectivity index (χ1v) is 10.2. The van der Waals surface area contributed by atoms with Gasteiger partial charge in [-0.2, -0.15) is 0 Å². The molecule has 0 aliphatic rings. The number of aromatic amines is 1. The number of carbonyl (C=O) groups excluding carboxylic acids is 3. The van der Waals surface area contributed by atoms with E-state index in [9.17, 15) is 14.4 Å². The average Bonchev–Trinajstić information content (AvgIpc) is 3.22. The molecule has 3 amide bonds. The van der Waals surface area contributed by atoms with E-state index in [1.54, 1.807) is 6.07 Å². The fraction of sp³-hybridized carbons (Fsp3) is 0.261. The number of hydrogen-bond acceptors (Lipinski definition) is 4. The van der Waals surface area contributed by atoms with Crippen LogP contribution in [-0.2, 0) is 16.1 Å². The molecular weight excluding hydrogens is 396 g/mol. The summed E-state index contributed by atoms with van der Waals surface area (Å²) in [5, 5.41) is 3.59. The fourth-order valence-electron chi connectivity index (χ4n) is 2.91. The van der Waals surface area contributed by atoms with Crippen molar-refractivity contribution in [3.05, 3.63) is 65.9 Å². The molecule has 1 aromatic heterocycles. The maximum absolute atomic E-state index is 12.3. The van der Waals surface area contributed by atoms with Crippen LogP contribution in [0.5, 0.6) is 5.75 Å². The first-order chi connectivity index (χ1) is 15.0. The minimum atomic E-state index is -0.478. The Morgan fingerprint density at radius 3 is 2.48 bits per heavy atom. The zero-order valence-corrected chi connectivity index (χ0v) is 17.4. The number of ether oxygens (including phenoxy) is 1. The molecule has 162 valence electrons. The Hall–Kier alpha value is -3.81. The van der Waals surface area contributed by atoms with Crippen molar-refractivity contribution in [2.45, 2.75) is 32.7 Å². The highest BCUT2D eigenvalue weighted by Crippen LogP contribution is 2.21. The van der Waals surface area contributed by atoms with Gasteiger partial charge >= 0.3 is 0 Å². The number of fused-ring (bicyclic) bond motifs is 1. The van der Waals surface area contributed by atoms with Crippen LogP contribution in [0.25, 0.3) is 10.9 Å². The van der Waals surface area contributed by atoms with Crippen molar-refractivity contribution in [2.24, 2.45) is 0 Å². The molecule has 0 atom stereocenters. The lowest BCUT2D eigenvalue weighted by molar-refractivity contribution is -0.126. The van der Waals surface area contributed by atoms with Crippen molar-refractivity contribution < 1.29 is 19.1 Å². The molecule has 0 saturated heterocycles. The van der Waals surface area contributed by atoms with Crippen molar-refractivity contribution in [3.63, 3.8) is 0 Å². The van der Waals surface area contributed by atoms with Crippen molar-refractivity contribution in [1.29, 1.82) is 0 Å². The number of hydrazine groups is 1. The van der Waals surface area contributed by atoms with Gasteiger partial charge in [0.2, 0.25) is 11.8 Å². The molecule has 31 heavy (non-hydrogen) atoms. The number of rotatable bonds is 9. The maximum atomic E-state index is 12.3. The Morgan fingerprint density at radius 1 is 0.935 bits per heavy atom. The second-order valence-electron chi connectivity index (χ2n) is 7.05.